The van der Waals surface area contributed by atoms with E-state index in [4.69, 9.17) is 5.73 Å². The van der Waals surface area contributed by atoms with Gasteiger partial charge >= 0.3 is 0 Å². The highest BCUT2D eigenvalue weighted by molar-refractivity contribution is 5.94. The average Bonchev–Trinajstić information content (AvgIpc) is 2.39. The summed E-state index contributed by atoms with van der Waals surface area (Å²) in [6.45, 7) is 3.43. The zero-order valence-corrected chi connectivity index (χ0v) is 11.2. The molecule has 0 unspecified atom stereocenters. The maximum atomic E-state index is 11.8. The van der Waals surface area contributed by atoms with Crippen molar-refractivity contribution in [3.63, 3.8) is 0 Å². The Morgan fingerprint density at radius 2 is 1.84 bits per heavy atom. The molecular weight excluding hydrogens is 242 g/mol. The number of amides is 2. The second-order valence-corrected chi connectivity index (χ2v) is 4.29. The Morgan fingerprint density at radius 3 is 2.42 bits per heavy atom. The number of unbranched alkanes of at least 4 members (excludes halogenated alkanes) is 1. The maximum Gasteiger partial charge on any atom is 0.251 e. The lowest BCUT2D eigenvalue weighted by molar-refractivity contribution is -0.118. The molecule has 0 aliphatic heterocycles. The van der Waals surface area contributed by atoms with Gasteiger partial charge in [0.1, 0.15) is 0 Å². The predicted octanol–water partition coefficient (Wildman–Crippen LogP) is 1.50. The molecule has 0 heterocycles. The zero-order chi connectivity index (χ0) is 14.1. The number of carbonyl (C=O) groups excluding carboxylic acids is 2. The van der Waals surface area contributed by atoms with Gasteiger partial charge in [-0.25, -0.2) is 0 Å². The number of nitrogens with two attached hydrogens (primary N) is 1. The Labute approximate surface area is 113 Å². The van der Waals surface area contributed by atoms with Crippen molar-refractivity contribution in [2.24, 2.45) is 5.73 Å². The minimum Gasteiger partial charge on any atom is -0.385 e. The van der Waals surface area contributed by atoms with Gasteiger partial charge in [-0.05, 0) is 44.0 Å². The van der Waals surface area contributed by atoms with Crippen molar-refractivity contribution >= 4 is 17.5 Å². The predicted molar refractivity (Wildman–Crippen MR) is 76.0 cm³/mol. The minimum atomic E-state index is -0.301. The third kappa shape index (κ3) is 5.90. The molecule has 5 nitrogen and oxygen atoms in total. The molecule has 0 radical (unpaired) electrons. The van der Waals surface area contributed by atoms with Gasteiger partial charge < -0.3 is 16.4 Å². The first kappa shape index (κ1) is 15.0. The van der Waals surface area contributed by atoms with Crippen LogP contribution in [0.15, 0.2) is 24.3 Å². The first-order chi connectivity index (χ1) is 9.13. The molecule has 1 rings (SSSR count). The van der Waals surface area contributed by atoms with E-state index < -0.39 is 0 Å². The molecule has 1 aromatic rings. The van der Waals surface area contributed by atoms with Gasteiger partial charge in [-0.2, -0.15) is 0 Å². The van der Waals surface area contributed by atoms with Gasteiger partial charge in [-0.3, -0.25) is 9.59 Å². The number of hydrogen-bond acceptors (Lipinski definition) is 3. The van der Waals surface area contributed by atoms with E-state index in [9.17, 15) is 9.59 Å². The molecule has 0 aliphatic carbocycles. The summed E-state index contributed by atoms with van der Waals surface area (Å²) in [6.07, 6.45) is 1.83. The molecule has 0 atom stereocenters. The van der Waals surface area contributed by atoms with Crippen LogP contribution in [0.25, 0.3) is 0 Å². The van der Waals surface area contributed by atoms with Crippen molar-refractivity contribution in [1.82, 2.24) is 5.32 Å². The largest absolute Gasteiger partial charge is 0.385 e. The standard InChI is InChI=1S/C14H21N3O2/c1-2-16-12-8-6-11(7-9-12)14(19)17-10-4-3-5-13(15)18/h6-9,16H,2-5,10H2,1H3,(H2,15,18)(H,17,19). The number of primary amides is 1. The Kier molecular flexibility index (Phi) is 6.43. The third-order valence-corrected chi connectivity index (χ3v) is 2.66. The molecule has 0 fully saturated rings. The molecule has 0 aromatic heterocycles. The van der Waals surface area contributed by atoms with Gasteiger partial charge in [0.25, 0.3) is 5.91 Å². The summed E-state index contributed by atoms with van der Waals surface area (Å²) in [4.78, 5) is 22.3. The smallest absolute Gasteiger partial charge is 0.251 e. The van der Waals surface area contributed by atoms with Crippen LogP contribution in [0.4, 0.5) is 5.69 Å². The van der Waals surface area contributed by atoms with Gasteiger partial charge in [0.2, 0.25) is 5.91 Å². The highest BCUT2D eigenvalue weighted by atomic mass is 16.2. The van der Waals surface area contributed by atoms with Crippen LogP contribution in [-0.4, -0.2) is 24.9 Å². The van der Waals surface area contributed by atoms with Gasteiger partial charge in [-0.1, -0.05) is 0 Å². The quantitative estimate of drug-likeness (QED) is 0.621. The molecule has 104 valence electrons. The van der Waals surface area contributed by atoms with E-state index >= 15 is 0 Å². The van der Waals surface area contributed by atoms with Gasteiger partial charge in [0.15, 0.2) is 0 Å². The van der Waals surface area contributed by atoms with Crippen molar-refractivity contribution < 1.29 is 9.59 Å². The van der Waals surface area contributed by atoms with Crippen molar-refractivity contribution in [2.45, 2.75) is 26.2 Å². The van der Waals surface area contributed by atoms with E-state index in [1.165, 1.54) is 0 Å². The molecule has 0 saturated carbocycles. The summed E-state index contributed by atoms with van der Waals surface area (Å²) in [6, 6.07) is 7.34. The van der Waals surface area contributed by atoms with Crippen molar-refractivity contribution in [1.29, 1.82) is 0 Å². The molecule has 0 bridgehead atoms. The van der Waals surface area contributed by atoms with Crippen molar-refractivity contribution in [3.8, 4) is 0 Å². The van der Waals surface area contributed by atoms with Crippen molar-refractivity contribution in [2.75, 3.05) is 18.4 Å². The van der Waals surface area contributed by atoms with Crippen LogP contribution >= 0.6 is 0 Å². The topological polar surface area (TPSA) is 84.2 Å². The van der Waals surface area contributed by atoms with Crippen LogP contribution in [0.1, 0.15) is 36.5 Å². The summed E-state index contributed by atoms with van der Waals surface area (Å²) < 4.78 is 0. The number of nitrogens with one attached hydrogen (secondary N) is 2. The maximum absolute atomic E-state index is 11.8. The first-order valence-corrected chi connectivity index (χ1v) is 6.54. The number of anilines is 1. The molecular formula is C14H21N3O2. The van der Waals surface area contributed by atoms with Gasteiger partial charge in [-0.15, -0.1) is 0 Å². The van der Waals surface area contributed by atoms with Crippen LogP contribution in [-0.2, 0) is 4.79 Å². The molecule has 19 heavy (non-hydrogen) atoms. The summed E-state index contributed by atoms with van der Waals surface area (Å²) in [5.41, 5.74) is 6.67. The molecule has 0 aliphatic rings. The van der Waals surface area contributed by atoms with Gasteiger partial charge in [0.05, 0.1) is 0 Å². The highest BCUT2D eigenvalue weighted by Crippen LogP contribution is 2.09. The van der Waals surface area contributed by atoms with E-state index in [1.54, 1.807) is 12.1 Å². The highest BCUT2D eigenvalue weighted by Gasteiger charge is 2.04. The minimum absolute atomic E-state index is 0.0953. The SMILES string of the molecule is CCNc1ccc(C(=O)NCCCCC(N)=O)cc1. The Bertz CT molecular complexity index is 415. The van der Waals surface area contributed by atoms with E-state index in [1.807, 2.05) is 19.1 Å². The average molecular weight is 263 g/mol. The van der Waals surface area contributed by atoms with Gasteiger partial charge in [0, 0.05) is 30.8 Å². The lowest BCUT2D eigenvalue weighted by Gasteiger charge is -2.06. The normalized spacial score (nSPS) is 9.95. The summed E-state index contributed by atoms with van der Waals surface area (Å²) in [7, 11) is 0. The Balaban J connectivity index is 2.30. The number of benzene rings is 1. The summed E-state index contributed by atoms with van der Waals surface area (Å²) in [5, 5.41) is 5.98. The monoisotopic (exact) mass is 263 g/mol. The fraction of sp³-hybridized carbons (Fsp3) is 0.429. The van der Waals surface area contributed by atoms with E-state index in [0.717, 1.165) is 18.7 Å². The first-order valence-electron chi connectivity index (χ1n) is 6.54. The number of hydrogen-bond donors (Lipinski definition) is 3. The van der Waals surface area contributed by atoms with Crippen LogP contribution in [0.2, 0.25) is 0 Å². The summed E-state index contributed by atoms with van der Waals surface area (Å²) in [5.74, 6) is -0.396. The Hall–Kier alpha value is -2.04. The van der Waals surface area contributed by atoms with Crippen LogP contribution in [0, 0.1) is 0 Å². The second-order valence-electron chi connectivity index (χ2n) is 4.29. The summed E-state index contributed by atoms with van der Waals surface area (Å²) >= 11 is 0. The molecule has 2 amide bonds. The lowest BCUT2D eigenvalue weighted by Crippen LogP contribution is -2.24. The third-order valence-electron chi connectivity index (χ3n) is 2.66. The lowest BCUT2D eigenvalue weighted by atomic mass is 10.2. The zero-order valence-electron chi connectivity index (χ0n) is 11.2. The second kappa shape index (κ2) is 8.13. The van der Waals surface area contributed by atoms with Crippen LogP contribution in [0.5, 0.6) is 0 Å². The van der Waals surface area contributed by atoms with Crippen LogP contribution < -0.4 is 16.4 Å². The van der Waals surface area contributed by atoms with Crippen molar-refractivity contribution in [3.05, 3.63) is 29.8 Å². The molecule has 5 heteroatoms. The number of carbonyl (C=O) groups is 2. The van der Waals surface area contributed by atoms with Crippen LogP contribution in [0.3, 0.4) is 0 Å². The Morgan fingerprint density at radius 1 is 1.16 bits per heavy atom. The molecule has 4 N–H and O–H groups in total. The van der Waals surface area contributed by atoms with E-state index in [-0.39, 0.29) is 11.8 Å². The molecule has 0 spiro atoms. The number of rotatable bonds is 8. The van der Waals surface area contributed by atoms with E-state index in [2.05, 4.69) is 10.6 Å². The molecule has 0 saturated heterocycles. The fourth-order valence-electron chi connectivity index (χ4n) is 1.67. The molecule has 1 aromatic carbocycles. The fourth-order valence-corrected chi connectivity index (χ4v) is 1.67. The van der Waals surface area contributed by atoms with E-state index in [0.29, 0.717) is 24.9 Å².